The molecule has 0 heterocycles. The van der Waals surface area contributed by atoms with Crippen LogP contribution in [0.25, 0.3) is 0 Å². The molecule has 4 heteroatoms. The molecule has 0 aliphatic rings. The van der Waals surface area contributed by atoms with Gasteiger partial charge in [-0.15, -0.1) is 11.6 Å². The van der Waals surface area contributed by atoms with Crippen molar-refractivity contribution in [3.8, 4) is 0 Å². The van der Waals surface area contributed by atoms with Gasteiger partial charge in [-0.3, -0.25) is 4.79 Å². The zero-order chi connectivity index (χ0) is 12.3. The summed E-state index contributed by atoms with van der Waals surface area (Å²) in [5.74, 6) is -0.415. The lowest BCUT2D eigenvalue weighted by Gasteiger charge is -2.09. The van der Waals surface area contributed by atoms with Crippen LogP contribution in [-0.2, 0) is 11.3 Å². The highest BCUT2D eigenvalue weighted by Crippen LogP contribution is 2.14. The lowest BCUT2D eigenvalue weighted by Crippen LogP contribution is -2.29. The summed E-state index contributed by atoms with van der Waals surface area (Å²) in [5.41, 5.74) is 2.05. The normalized spacial score (nSPS) is 12.3. The number of nitrogens with one attached hydrogen (secondary N) is 1. The predicted octanol–water partition coefficient (Wildman–Crippen LogP) is 2.69. The number of carbonyl (C=O) groups excluding carboxylic acids is 1. The number of halogens is 2. The molecule has 1 unspecified atom stereocenters. The third kappa shape index (κ3) is 3.20. The smallest absolute Gasteiger partial charge is 0.238 e. The zero-order valence-electron chi connectivity index (χ0n) is 9.60. The van der Waals surface area contributed by atoms with Gasteiger partial charge in [-0.25, -0.2) is 4.39 Å². The van der Waals surface area contributed by atoms with Crippen LogP contribution in [0.1, 0.15) is 23.6 Å². The van der Waals surface area contributed by atoms with E-state index in [2.05, 4.69) is 5.32 Å². The topological polar surface area (TPSA) is 29.1 Å². The van der Waals surface area contributed by atoms with E-state index in [9.17, 15) is 9.18 Å². The van der Waals surface area contributed by atoms with Crippen LogP contribution in [-0.4, -0.2) is 11.3 Å². The zero-order valence-corrected chi connectivity index (χ0v) is 10.4. The summed E-state index contributed by atoms with van der Waals surface area (Å²) in [4.78, 5) is 11.2. The van der Waals surface area contributed by atoms with Crippen LogP contribution in [0, 0.1) is 19.7 Å². The SMILES string of the molecule is Cc1cc(CNC(=O)C(C)Cl)cc(C)c1F. The second-order valence-electron chi connectivity index (χ2n) is 3.88. The molecule has 0 saturated heterocycles. The van der Waals surface area contributed by atoms with Crippen LogP contribution in [0.15, 0.2) is 12.1 Å². The molecule has 1 atom stereocenters. The van der Waals surface area contributed by atoms with Gasteiger partial charge in [0.15, 0.2) is 0 Å². The molecule has 16 heavy (non-hydrogen) atoms. The van der Waals surface area contributed by atoms with E-state index in [0.717, 1.165) is 5.56 Å². The highest BCUT2D eigenvalue weighted by molar-refractivity contribution is 6.30. The number of amides is 1. The Morgan fingerprint density at radius 1 is 1.44 bits per heavy atom. The molecule has 1 aromatic rings. The van der Waals surface area contributed by atoms with Crippen molar-refractivity contribution < 1.29 is 9.18 Å². The van der Waals surface area contributed by atoms with E-state index >= 15 is 0 Å². The van der Waals surface area contributed by atoms with E-state index in [-0.39, 0.29) is 11.7 Å². The van der Waals surface area contributed by atoms with Gasteiger partial charge in [-0.2, -0.15) is 0 Å². The number of benzene rings is 1. The first-order chi connectivity index (χ1) is 7.41. The molecular weight excluding hydrogens is 229 g/mol. The summed E-state index contributed by atoms with van der Waals surface area (Å²) in [6.45, 7) is 5.39. The van der Waals surface area contributed by atoms with Crippen molar-refractivity contribution in [3.05, 3.63) is 34.6 Å². The van der Waals surface area contributed by atoms with E-state index in [1.54, 1.807) is 32.9 Å². The molecular formula is C12H15ClFNO. The van der Waals surface area contributed by atoms with Gasteiger partial charge in [0, 0.05) is 6.54 Å². The van der Waals surface area contributed by atoms with Gasteiger partial charge in [0.25, 0.3) is 0 Å². The lowest BCUT2D eigenvalue weighted by atomic mass is 10.1. The van der Waals surface area contributed by atoms with Crippen molar-refractivity contribution >= 4 is 17.5 Å². The molecule has 0 aliphatic carbocycles. The van der Waals surface area contributed by atoms with Gasteiger partial charge >= 0.3 is 0 Å². The maximum absolute atomic E-state index is 13.3. The largest absolute Gasteiger partial charge is 0.351 e. The monoisotopic (exact) mass is 243 g/mol. The van der Waals surface area contributed by atoms with Gasteiger partial charge in [0.05, 0.1) is 0 Å². The summed E-state index contributed by atoms with van der Waals surface area (Å²) in [6, 6.07) is 3.45. The molecule has 0 radical (unpaired) electrons. The van der Waals surface area contributed by atoms with Gasteiger partial charge in [0.2, 0.25) is 5.91 Å². The van der Waals surface area contributed by atoms with Gasteiger partial charge in [-0.05, 0) is 37.5 Å². The van der Waals surface area contributed by atoms with E-state index in [1.165, 1.54) is 0 Å². The van der Waals surface area contributed by atoms with Crippen molar-refractivity contribution in [2.45, 2.75) is 32.7 Å². The summed E-state index contributed by atoms with van der Waals surface area (Å²) >= 11 is 5.61. The van der Waals surface area contributed by atoms with Crippen LogP contribution in [0.2, 0.25) is 0 Å². The standard InChI is InChI=1S/C12H15ClFNO/c1-7-4-10(5-8(2)11(7)14)6-15-12(16)9(3)13/h4-5,9H,6H2,1-3H3,(H,15,16). The molecule has 88 valence electrons. The van der Waals surface area contributed by atoms with Gasteiger partial charge in [-0.1, -0.05) is 12.1 Å². The van der Waals surface area contributed by atoms with Crippen LogP contribution >= 0.6 is 11.6 Å². The fourth-order valence-electron chi connectivity index (χ4n) is 1.47. The first-order valence-corrected chi connectivity index (χ1v) is 5.53. The molecule has 1 rings (SSSR count). The second kappa shape index (κ2) is 5.30. The number of aryl methyl sites for hydroxylation is 2. The summed E-state index contributed by atoms with van der Waals surface area (Å²) in [6.07, 6.45) is 0. The van der Waals surface area contributed by atoms with E-state index < -0.39 is 5.38 Å². The van der Waals surface area contributed by atoms with Crippen LogP contribution in [0.3, 0.4) is 0 Å². The highest BCUT2D eigenvalue weighted by Gasteiger charge is 2.09. The maximum atomic E-state index is 13.3. The van der Waals surface area contributed by atoms with Gasteiger partial charge in [0.1, 0.15) is 11.2 Å². The van der Waals surface area contributed by atoms with Crippen molar-refractivity contribution in [1.82, 2.24) is 5.32 Å². The minimum Gasteiger partial charge on any atom is -0.351 e. The predicted molar refractivity (Wildman–Crippen MR) is 63.0 cm³/mol. The first kappa shape index (κ1) is 13.0. The number of hydrogen-bond acceptors (Lipinski definition) is 1. The van der Waals surface area contributed by atoms with E-state index in [0.29, 0.717) is 17.7 Å². The maximum Gasteiger partial charge on any atom is 0.238 e. The third-order valence-electron chi connectivity index (χ3n) is 2.32. The average Bonchev–Trinajstić information content (AvgIpc) is 2.22. The van der Waals surface area contributed by atoms with E-state index in [1.807, 2.05) is 0 Å². The Balaban J connectivity index is 2.72. The van der Waals surface area contributed by atoms with Crippen LogP contribution in [0.4, 0.5) is 4.39 Å². The fraction of sp³-hybridized carbons (Fsp3) is 0.417. The molecule has 2 nitrogen and oxygen atoms in total. The number of carbonyl (C=O) groups is 1. The Kier molecular flexibility index (Phi) is 4.30. The van der Waals surface area contributed by atoms with Crippen LogP contribution in [0.5, 0.6) is 0 Å². The second-order valence-corrected chi connectivity index (χ2v) is 4.53. The molecule has 1 amide bonds. The quantitative estimate of drug-likeness (QED) is 0.813. The molecule has 0 spiro atoms. The average molecular weight is 244 g/mol. The Bertz CT molecular complexity index is 381. The lowest BCUT2D eigenvalue weighted by molar-refractivity contribution is -0.120. The molecule has 0 saturated carbocycles. The minimum absolute atomic E-state index is 0.194. The summed E-state index contributed by atoms with van der Waals surface area (Å²) in [7, 11) is 0. The van der Waals surface area contributed by atoms with Crippen molar-refractivity contribution in [3.63, 3.8) is 0 Å². The number of hydrogen-bond donors (Lipinski definition) is 1. The van der Waals surface area contributed by atoms with Crippen molar-refractivity contribution in [2.75, 3.05) is 0 Å². The molecule has 0 aromatic heterocycles. The molecule has 0 bridgehead atoms. The van der Waals surface area contributed by atoms with Crippen molar-refractivity contribution in [1.29, 1.82) is 0 Å². The summed E-state index contributed by atoms with van der Waals surface area (Å²) in [5, 5.41) is 2.13. The molecule has 1 N–H and O–H groups in total. The first-order valence-electron chi connectivity index (χ1n) is 5.09. The van der Waals surface area contributed by atoms with Gasteiger partial charge < -0.3 is 5.32 Å². The number of alkyl halides is 1. The highest BCUT2D eigenvalue weighted by atomic mass is 35.5. The third-order valence-corrected chi connectivity index (χ3v) is 2.52. The fourth-order valence-corrected chi connectivity index (χ4v) is 1.54. The molecule has 0 aliphatic heterocycles. The minimum atomic E-state index is -0.553. The molecule has 1 aromatic carbocycles. The number of rotatable bonds is 3. The van der Waals surface area contributed by atoms with E-state index in [4.69, 9.17) is 11.6 Å². The Labute approximate surface area is 99.8 Å². The van der Waals surface area contributed by atoms with Crippen LogP contribution < -0.4 is 5.32 Å². The van der Waals surface area contributed by atoms with Crippen molar-refractivity contribution in [2.24, 2.45) is 0 Å². The molecule has 0 fully saturated rings. The Hall–Kier alpha value is -1.09. The summed E-state index contributed by atoms with van der Waals surface area (Å²) < 4.78 is 13.3. The Morgan fingerprint density at radius 2 is 1.94 bits per heavy atom. The Morgan fingerprint density at radius 3 is 2.38 bits per heavy atom.